The number of hydrogen-bond donors (Lipinski definition) is 0. The van der Waals surface area contributed by atoms with E-state index in [4.69, 9.17) is 0 Å². The maximum absolute atomic E-state index is 11.8. The summed E-state index contributed by atoms with van der Waals surface area (Å²) >= 11 is 0. The van der Waals surface area contributed by atoms with E-state index < -0.39 is 0 Å². The molecule has 67 valence electrons. The van der Waals surface area contributed by atoms with Crippen LogP contribution >= 0.6 is 0 Å². The van der Waals surface area contributed by atoms with Gasteiger partial charge >= 0.3 is 0 Å². The highest BCUT2D eigenvalue weighted by atomic mass is 16.5. The summed E-state index contributed by atoms with van der Waals surface area (Å²) < 4.78 is 0. The maximum atomic E-state index is 11.8. The van der Waals surface area contributed by atoms with Crippen LogP contribution in [0.1, 0.15) is 39.0 Å². The van der Waals surface area contributed by atoms with Crippen LogP contribution in [0, 0.1) is 11.8 Å². The van der Waals surface area contributed by atoms with Gasteiger partial charge in [-0.2, -0.15) is 0 Å². The van der Waals surface area contributed by atoms with Crippen LogP contribution in [0.2, 0.25) is 0 Å². The summed E-state index contributed by atoms with van der Waals surface area (Å²) in [4.78, 5) is 0. The highest BCUT2D eigenvalue weighted by molar-refractivity contribution is 5.04. The molecule has 0 spiro atoms. The number of hydrogen-bond acceptors (Lipinski definition) is 1. The van der Waals surface area contributed by atoms with E-state index in [1.165, 1.54) is 37.2 Å². The molecule has 4 aliphatic rings. The molecule has 4 atom stereocenters. The van der Waals surface area contributed by atoms with E-state index >= 15 is 0 Å². The van der Waals surface area contributed by atoms with Crippen LogP contribution in [-0.4, -0.2) is 16.6 Å². The molecule has 2 saturated carbocycles. The van der Waals surface area contributed by atoms with Crippen molar-refractivity contribution in [2.24, 2.45) is 11.8 Å². The maximum Gasteiger partial charge on any atom is 0.0474 e. The van der Waals surface area contributed by atoms with Crippen molar-refractivity contribution < 1.29 is 5.21 Å². The summed E-state index contributed by atoms with van der Waals surface area (Å²) in [7, 11) is 0. The van der Waals surface area contributed by atoms with Gasteiger partial charge in [-0.1, -0.05) is 0 Å². The summed E-state index contributed by atoms with van der Waals surface area (Å²) in [6.07, 6.45) is 6.14. The molecule has 1 radical (unpaired) electrons. The van der Waals surface area contributed by atoms with E-state index in [-0.39, 0.29) is 5.54 Å². The standard InChI is InChI=1S/C10H16NO/c1-10-5-7-2-8(6-10)4-9(3-7)11(10)12/h7-9H,2-6H2,1H3/t7-,8+,9?,10?. The molecule has 12 heavy (non-hydrogen) atoms. The average molecular weight is 166 g/mol. The molecule has 2 saturated heterocycles. The second-order valence-corrected chi connectivity index (χ2v) is 5.32. The second-order valence-electron chi connectivity index (χ2n) is 5.32. The first-order chi connectivity index (χ1) is 5.67. The zero-order chi connectivity index (χ0) is 8.34. The number of rotatable bonds is 0. The lowest BCUT2D eigenvalue weighted by Crippen LogP contribution is -2.62. The Kier molecular flexibility index (Phi) is 1.25. The minimum absolute atomic E-state index is 0.0365. The highest BCUT2D eigenvalue weighted by Gasteiger charge is 2.53. The van der Waals surface area contributed by atoms with Gasteiger partial charge in [-0.15, -0.1) is 10.3 Å². The van der Waals surface area contributed by atoms with E-state index in [2.05, 4.69) is 6.92 Å². The minimum Gasteiger partial charge on any atom is -0.146 e. The third-order valence-electron chi connectivity index (χ3n) is 4.20. The summed E-state index contributed by atoms with van der Waals surface area (Å²) in [5.41, 5.74) is 0.0365. The van der Waals surface area contributed by atoms with Gasteiger partial charge in [-0.25, -0.2) is 0 Å². The molecule has 2 unspecified atom stereocenters. The van der Waals surface area contributed by atoms with Crippen LogP contribution in [0.25, 0.3) is 0 Å². The molecule has 0 aromatic rings. The van der Waals surface area contributed by atoms with Gasteiger partial charge in [-0.3, -0.25) is 0 Å². The van der Waals surface area contributed by atoms with Gasteiger partial charge in [0.15, 0.2) is 0 Å². The van der Waals surface area contributed by atoms with Crippen molar-refractivity contribution in [2.75, 3.05) is 0 Å². The summed E-state index contributed by atoms with van der Waals surface area (Å²) in [5, 5.41) is 13.2. The molecule has 2 aliphatic carbocycles. The van der Waals surface area contributed by atoms with E-state index in [1.807, 2.05) is 0 Å². The molecular formula is C10H16NO. The first-order valence-electron chi connectivity index (χ1n) is 5.14. The van der Waals surface area contributed by atoms with E-state index in [9.17, 15) is 5.21 Å². The van der Waals surface area contributed by atoms with Crippen molar-refractivity contribution in [2.45, 2.75) is 50.6 Å². The van der Waals surface area contributed by atoms with E-state index in [0.717, 1.165) is 11.8 Å². The first-order valence-corrected chi connectivity index (χ1v) is 5.14. The third kappa shape index (κ3) is 0.775. The van der Waals surface area contributed by atoms with Gasteiger partial charge in [-0.05, 0) is 50.9 Å². The Bertz CT molecular complexity index is 202. The fraction of sp³-hybridized carbons (Fsp3) is 1.00. The molecule has 2 heterocycles. The van der Waals surface area contributed by atoms with Crippen LogP contribution < -0.4 is 0 Å². The molecule has 0 aromatic carbocycles. The number of nitrogens with zero attached hydrogens (tertiary/aromatic N) is 1. The summed E-state index contributed by atoms with van der Waals surface area (Å²) in [6.45, 7) is 2.17. The van der Waals surface area contributed by atoms with Gasteiger partial charge in [0.2, 0.25) is 0 Å². The highest BCUT2D eigenvalue weighted by Crippen LogP contribution is 2.53. The van der Waals surface area contributed by atoms with Crippen molar-refractivity contribution >= 4 is 0 Å². The Hall–Kier alpha value is -0.0800. The lowest BCUT2D eigenvalue weighted by molar-refractivity contribution is -0.307. The van der Waals surface area contributed by atoms with Gasteiger partial charge in [0.05, 0.1) is 0 Å². The van der Waals surface area contributed by atoms with Gasteiger partial charge in [0.1, 0.15) is 0 Å². The minimum atomic E-state index is 0.0365. The molecule has 2 heteroatoms. The lowest BCUT2D eigenvalue weighted by atomic mass is 9.59. The van der Waals surface area contributed by atoms with Crippen molar-refractivity contribution in [1.82, 2.24) is 5.06 Å². The van der Waals surface area contributed by atoms with Crippen molar-refractivity contribution in [3.63, 3.8) is 0 Å². The lowest BCUT2D eigenvalue weighted by Gasteiger charge is -2.58. The van der Waals surface area contributed by atoms with Crippen LogP contribution in [0.4, 0.5) is 0 Å². The Morgan fingerprint density at radius 2 is 1.75 bits per heavy atom. The molecule has 4 bridgehead atoms. The zero-order valence-electron chi connectivity index (χ0n) is 7.62. The first kappa shape index (κ1) is 7.34. The predicted octanol–water partition coefficient (Wildman–Crippen LogP) is 1.98. The smallest absolute Gasteiger partial charge is 0.0474 e. The Morgan fingerprint density at radius 1 is 1.17 bits per heavy atom. The molecule has 2 aliphatic heterocycles. The number of piperidine rings is 2. The van der Waals surface area contributed by atoms with Crippen molar-refractivity contribution in [1.29, 1.82) is 0 Å². The Balaban J connectivity index is 1.97. The predicted molar refractivity (Wildman–Crippen MR) is 44.8 cm³/mol. The Morgan fingerprint density at radius 3 is 2.25 bits per heavy atom. The van der Waals surface area contributed by atoms with Crippen LogP contribution in [-0.2, 0) is 5.21 Å². The van der Waals surface area contributed by atoms with Crippen LogP contribution in [0.5, 0.6) is 0 Å². The quantitative estimate of drug-likeness (QED) is 0.539. The average Bonchev–Trinajstić information content (AvgIpc) is 1.98. The topological polar surface area (TPSA) is 23.1 Å². The largest absolute Gasteiger partial charge is 0.146 e. The fourth-order valence-corrected chi connectivity index (χ4v) is 4.00. The fourth-order valence-electron chi connectivity index (χ4n) is 4.00. The van der Waals surface area contributed by atoms with Gasteiger partial charge in [0, 0.05) is 11.6 Å². The van der Waals surface area contributed by atoms with Crippen molar-refractivity contribution in [3.05, 3.63) is 0 Å². The Labute approximate surface area is 73.5 Å². The zero-order valence-corrected chi connectivity index (χ0v) is 7.62. The van der Waals surface area contributed by atoms with Gasteiger partial charge in [0.25, 0.3) is 0 Å². The van der Waals surface area contributed by atoms with E-state index in [1.54, 1.807) is 0 Å². The van der Waals surface area contributed by atoms with E-state index in [0.29, 0.717) is 6.04 Å². The van der Waals surface area contributed by atoms with Crippen molar-refractivity contribution in [3.8, 4) is 0 Å². The SMILES string of the molecule is CC12C[C@@H]3CC(C[C@@H](C3)C1)N2[O]. The summed E-state index contributed by atoms with van der Waals surface area (Å²) in [5.74, 6) is 1.77. The monoisotopic (exact) mass is 166 g/mol. The molecule has 0 N–H and O–H groups in total. The summed E-state index contributed by atoms with van der Waals surface area (Å²) in [6, 6.07) is 0.390. The van der Waals surface area contributed by atoms with Crippen LogP contribution in [0.15, 0.2) is 0 Å². The third-order valence-corrected chi connectivity index (χ3v) is 4.20. The second kappa shape index (κ2) is 2.05. The van der Waals surface area contributed by atoms with Crippen LogP contribution in [0.3, 0.4) is 0 Å². The molecule has 0 aromatic heterocycles. The molecule has 4 fully saturated rings. The number of hydroxylamine groups is 2. The molecule has 4 rings (SSSR count). The molecule has 2 nitrogen and oxygen atoms in total. The molecule has 0 amide bonds. The normalized spacial score (nSPS) is 58.0. The van der Waals surface area contributed by atoms with Gasteiger partial charge < -0.3 is 0 Å². The molecular weight excluding hydrogens is 150 g/mol.